The largest absolute Gasteiger partial charge is 0.373 e. The number of fused-ring (bicyclic) bond motifs is 1. The first-order valence-corrected chi connectivity index (χ1v) is 7.56. The van der Waals surface area contributed by atoms with Gasteiger partial charge in [0.1, 0.15) is 17.5 Å². The molecule has 0 saturated heterocycles. The summed E-state index contributed by atoms with van der Waals surface area (Å²) < 4.78 is 0. The van der Waals surface area contributed by atoms with Gasteiger partial charge in [0.2, 0.25) is 0 Å². The number of nitrogens with one attached hydrogen (secondary N) is 2. The summed E-state index contributed by atoms with van der Waals surface area (Å²) in [6, 6.07) is 9.05. The van der Waals surface area contributed by atoms with Gasteiger partial charge in [0.05, 0.1) is 6.04 Å². The van der Waals surface area contributed by atoms with Crippen LogP contribution in [0.1, 0.15) is 41.4 Å². The number of hydrogen-bond donors (Lipinski definition) is 2. The normalized spacial score (nSPS) is 17.2. The van der Waals surface area contributed by atoms with Crippen molar-refractivity contribution < 1.29 is 0 Å². The molecule has 3 rings (SSSR count). The van der Waals surface area contributed by atoms with Gasteiger partial charge in [-0.3, -0.25) is 0 Å². The first-order valence-electron chi connectivity index (χ1n) is 7.56. The molecule has 1 heterocycles. The van der Waals surface area contributed by atoms with Crippen molar-refractivity contribution in [1.29, 1.82) is 0 Å². The topological polar surface area (TPSA) is 49.8 Å². The van der Waals surface area contributed by atoms with Crippen molar-refractivity contribution in [3.05, 3.63) is 46.8 Å². The first-order chi connectivity index (χ1) is 10.2. The molecular formula is C17H22N4. The molecule has 0 bridgehead atoms. The molecule has 1 aromatic carbocycles. The van der Waals surface area contributed by atoms with E-state index < -0.39 is 0 Å². The van der Waals surface area contributed by atoms with Crippen LogP contribution in [0.2, 0.25) is 0 Å². The lowest BCUT2D eigenvalue weighted by atomic mass is 9.87. The summed E-state index contributed by atoms with van der Waals surface area (Å²) in [5, 5.41) is 6.77. The maximum Gasteiger partial charge on any atom is 0.135 e. The fraction of sp³-hybridized carbons (Fsp3) is 0.412. The quantitative estimate of drug-likeness (QED) is 0.902. The Morgan fingerprint density at radius 1 is 1.10 bits per heavy atom. The van der Waals surface area contributed by atoms with Gasteiger partial charge < -0.3 is 10.6 Å². The highest BCUT2D eigenvalue weighted by molar-refractivity contribution is 5.58. The second-order valence-electron chi connectivity index (χ2n) is 5.63. The fourth-order valence-electron chi connectivity index (χ4n) is 3.08. The van der Waals surface area contributed by atoms with Gasteiger partial charge in [0, 0.05) is 12.6 Å². The molecule has 4 nitrogen and oxygen atoms in total. The summed E-state index contributed by atoms with van der Waals surface area (Å²) in [6.07, 6.45) is 3.54. The maximum atomic E-state index is 4.59. The minimum Gasteiger partial charge on any atom is -0.373 e. The van der Waals surface area contributed by atoms with Crippen LogP contribution in [-0.2, 0) is 6.42 Å². The molecule has 0 amide bonds. The smallest absolute Gasteiger partial charge is 0.135 e. The van der Waals surface area contributed by atoms with Crippen LogP contribution in [0, 0.1) is 13.8 Å². The zero-order chi connectivity index (χ0) is 14.8. The Hall–Kier alpha value is -2.10. The maximum absolute atomic E-state index is 4.59. The van der Waals surface area contributed by atoms with Gasteiger partial charge in [0.25, 0.3) is 0 Å². The van der Waals surface area contributed by atoms with Crippen LogP contribution < -0.4 is 10.6 Å². The second-order valence-corrected chi connectivity index (χ2v) is 5.63. The number of aromatic nitrogens is 2. The zero-order valence-corrected chi connectivity index (χ0v) is 12.9. The molecule has 110 valence electrons. The van der Waals surface area contributed by atoms with Crippen LogP contribution in [0.25, 0.3) is 0 Å². The average Bonchev–Trinajstić information content (AvgIpc) is 2.51. The molecule has 2 N–H and O–H groups in total. The first kappa shape index (κ1) is 13.9. The Kier molecular flexibility index (Phi) is 3.78. The van der Waals surface area contributed by atoms with Crippen LogP contribution in [0.5, 0.6) is 0 Å². The Morgan fingerprint density at radius 3 is 2.67 bits per heavy atom. The fourth-order valence-corrected chi connectivity index (χ4v) is 3.08. The summed E-state index contributed by atoms with van der Waals surface area (Å²) in [5.41, 5.74) is 3.94. The van der Waals surface area contributed by atoms with E-state index in [9.17, 15) is 0 Å². The molecule has 1 aromatic heterocycles. The van der Waals surface area contributed by atoms with Gasteiger partial charge in [-0.1, -0.05) is 24.3 Å². The van der Waals surface area contributed by atoms with Crippen molar-refractivity contribution >= 4 is 11.6 Å². The summed E-state index contributed by atoms with van der Waals surface area (Å²) in [4.78, 5) is 9.01. The Balaban J connectivity index is 1.93. The second kappa shape index (κ2) is 5.72. The van der Waals surface area contributed by atoms with Crippen molar-refractivity contribution in [3.8, 4) is 0 Å². The molecular weight excluding hydrogens is 260 g/mol. The van der Waals surface area contributed by atoms with E-state index in [1.54, 1.807) is 0 Å². The molecule has 0 aliphatic heterocycles. The number of aryl methyl sites for hydroxylation is 2. The third kappa shape index (κ3) is 2.71. The van der Waals surface area contributed by atoms with E-state index in [-0.39, 0.29) is 0 Å². The molecule has 1 aliphatic carbocycles. The Labute approximate surface area is 126 Å². The Morgan fingerprint density at radius 2 is 1.86 bits per heavy atom. The molecule has 0 fully saturated rings. The summed E-state index contributed by atoms with van der Waals surface area (Å²) in [7, 11) is 1.90. The van der Waals surface area contributed by atoms with Crippen LogP contribution in [0.15, 0.2) is 24.3 Å². The van der Waals surface area contributed by atoms with Crippen LogP contribution in [0.3, 0.4) is 0 Å². The monoisotopic (exact) mass is 282 g/mol. The lowest BCUT2D eigenvalue weighted by molar-refractivity contribution is 0.598. The van der Waals surface area contributed by atoms with E-state index in [0.29, 0.717) is 6.04 Å². The molecule has 1 unspecified atom stereocenters. The molecule has 21 heavy (non-hydrogen) atoms. The highest BCUT2D eigenvalue weighted by Crippen LogP contribution is 2.33. The highest BCUT2D eigenvalue weighted by atomic mass is 15.1. The number of rotatable bonds is 3. The zero-order valence-electron chi connectivity index (χ0n) is 12.9. The van der Waals surface area contributed by atoms with Gasteiger partial charge in [-0.15, -0.1) is 0 Å². The van der Waals surface area contributed by atoms with E-state index >= 15 is 0 Å². The van der Waals surface area contributed by atoms with Crippen molar-refractivity contribution in [2.45, 2.75) is 39.2 Å². The van der Waals surface area contributed by atoms with Crippen molar-refractivity contribution in [3.63, 3.8) is 0 Å². The van der Waals surface area contributed by atoms with Crippen molar-refractivity contribution in [1.82, 2.24) is 9.97 Å². The summed E-state index contributed by atoms with van der Waals surface area (Å²) in [6.45, 7) is 3.99. The van der Waals surface area contributed by atoms with Crippen LogP contribution in [-0.4, -0.2) is 17.0 Å². The van der Waals surface area contributed by atoms with E-state index in [0.717, 1.165) is 29.4 Å². The molecule has 1 aliphatic rings. The third-order valence-corrected chi connectivity index (χ3v) is 4.17. The number of nitrogens with zero attached hydrogens (tertiary/aromatic N) is 2. The predicted molar refractivity (Wildman–Crippen MR) is 86.8 cm³/mol. The minimum atomic E-state index is 0.340. The van der Waals surface area contributed by atoms with Gasteiger partial charge in [-0.05, 0) is 44.2 Å². The standard InChI is InChI=1S/C17H22N4/c1-11-16(18-3)19-12(2)20-17(11)21-15-10-6-8-13-7-4-5-9-14(13)15/h4-5,7,9,15H,6,8,10H2,1-3H3,(H2,18,19,20,21). The number of hydrogen-bond acceptors (Lipinski definition) is 4. The van der Waals surface area contributed by atoms with Crippen molar-refractivity contribution in [2.75, 3.05) is 17.7 Å². The van der Waals surface area contributed by atoms with Crippen LogP contribution in [0.4, 0.5) is 11.6 Å². The molecule has 0 radical (unpaired) electrons. The molecule has 1 atom stereocenters. The van der Waals surface area contributed by atoms with Gasteiger partial charge in [-0.25, -0.2) is 9.97 Å². The van der Waals surface area contributed by atoms with E-state index in [1.807, 2.05) is 14.0 Å². The average molecular weight is 282 g/mol. The predicted octanol–water partition coefficient (Wildman–Crippen LogP) is 3.62. The third-order valence-electron chi connectivity index (χ3n) is 4.17. The number of benzene rings is 1. The SMILES string of the molecule is CNc1nc(C)nc(NC2CCCc3ccccc32)c1C. The molecule has 0 spiro atoms. The minimum absolute atomic E-state index is 0.340. The lowest BCUT2D eigenvalue weighted by Gasteiger charge is -2.27. The highest BCUT2D eigenvalue weighted by Gasteiger charge is 2.21. The van der Waals surface area contributed by atoms with Gasteiger partial charge >= 0.3 is 0 Å². The summed E-state index contributed by atoms with van der Waals surface area (Å²) >= 11 is 0. The van der Waals surface area contributed by atoms with Crippen molar-refractivity contribution in [2.24, 2.45) is 0 Å². The molecule has 0 saturated carbocycles. The molecule has 2 aromatic rings. The number of anilines is 2. The van der Waals surface area contributed by atoms with Gasteiger partial charge in [-0.2, -0.15) is 0 Å². The summed E-state index contributed by atoms with van der Waals surface area (Å²) in [5.74, 6) is 2.62. The molecule has 4 heteroatoms. The van der Waals surface area contributed by atoms with E-state index in [2.05, 4.69) is 51.8 Å². The van der Waals surface area contributed by atoms with E-state index in [4.69, 9.17) is 0 Å². The van der Waals surface area contributed by atoms with Gasteiger partial charge in [0.15, 0.2) is 0 Å². The van der Waals surface area contributed by atoms with E-state index in [1.165, 1.54) is 24.0 Å². The Bertz CT molecular complexity index is 651. The van der Waals surface area contributed by atoms with Crippen LogP contribution >= 0.6 is 0 Å². The lowest BCUT2D eigenvalue weighted by Crippen LogP contribution is -2.19.